The molecule has 3 rings (SSSR count). The van der Waals surface area contributed by atoms with Gasteiger partial charge in [0.1, 0.15) is 5.82 Å². The van der Waals surface area contributed by atoms with E-state index in [1.165, 1.54) is 18.2 Å². The van der Waals surface area contributed by atoms with Crippen LogP contribution < -0.4 is 5.56 Å². The van der Waals surface area contributed by atoms with Crippen LogP contribution in [0.1, 0.15) is 35.6 Å². The zero-order valence-corrected chi connectivity index (χ0v) is 14.4. The van der Waals surface area contributed by atoms with Gasteiger partial charge in [0.2, 0.25) is 0 Å². The van der Waals surface area contributed by atoms with Gasteiger partial charge in [0.15, 0.2) is 0 Å². The van der Waals surface area contributed by atoms with Crippen LogP contribution in [-0.4, -0.2) is 19.7 Å². The Bertz CT molecular complexity index is 987. The molecule has 0 fully saturated rings. The maximum absolute atomic E-state index is 12.7. The van der Waals surface area contributed by atoms with Crippen LogP contribution in [0.2, 0.25) is 0 Å². The second-order valence-electron chi connectivity index (χ2n) is 6.12. The largest absolute Gasteiger partial charge is 0.416 e. The molecular formula is C18H17F3N4O. The summed E-state index contributed by atoms with van der Waals surface area (Å²) in [5, 5.41) is 4.44. The first-order valence-electron chi connectivity index (χ1n) is 7.96. The van der Waals surface area contributed by atoms with Crippen LogP contribution in [0.15, 0.2) is 41.3 Å². The highest BCUT2D eigenvalue weighted by atomic mass is 19.4. The number of H-pyrrole nitrogens is 1. The molecule has 2 aromatic heterocycles. The van der Waals surface area contributed by atoms with Crippen molar-refractivity contribution in [3.05, 3.63) is 69.5 Å². The van der Waals surface area contributed by atoms with Crippen molar-refractivity contribution in [2.24, 2.45) is 0 Å². The van der Waals surface area contributed by atoms with Gasteiger partial charge in [-0.1, -0.05) is 12.1 Å². The Morgan fingerprint density at radius 3 is 2.38 bits per heavy atom. The Morgan fingerprint density at radius 1 is 1.15 bits per heavy atom. The van der Waals surface area contributed by atoms with E-state index >= 15 is 0 Å². The molecule has 1 aromatic carbocycles. The van der Waals surface area contributed by atoms with Crippen LogP contribution in [0.4, 0.5) is 13.2 Å². The van der Waals surface area contributed by atoms with Crippen LogP contribution in [0.3, 0.4) is 0 Å². The highest BCUT2D eigenvalue weighted by Crippen LogP contribution is 2.31. The smallest absolute Gasteiger partial charge is 0.311 e. The molecule has 0 aliphatic rings. The summed E-state index contributed by atoms with van der Waals surface area (Å²) in [4.78, 5) is 18.6. The van der Waals surface area contributed by atoms with E-state index in [1.807, 2.05) is 6.92 Å². The normalized spacial score (nSPS) is 13.0. The van der Waals surface area contributed by atoms with Crippen molar-refractivity contribution in [2.45, 2.75) is 33.0 Å². The molecular weight excluding hydrogens is 345 g/mol. The topological polar surface area (TPSA) is 63.6 Å². The highest BCUT2D eigenvalue weighted by Gasteiger charge is 2.30. The lowest BCUT2D eigenvalue weighted by molar-refractivity contribution is -0.137. The number of aromatic nitrogens is 4. The van der Waals surface area contributed by atoms with E-state index in [4.69, 9.17) is 0 Å². The predicted octanol–water partition coefficient (Wildman–Crippen LogP) is 3.88. The second-order valence-corrected chi connectivity index (χ2v) is 6.12. The van der Waals surface area contributed by atoms with Crippen molar-refractivity contribution >= 4 is 0 Å². The maximum atomic E-state index is 12.7. The Balaban J connectivity index is 1.94. The number of nitrogens with one attached hydrogen (secondary N) is 1. The molecule has 1 N–H and O–H groups in total. The maximum Gasteiger partial charge on any atom is 0.416 e. The lowest BCUT2D eigenvalue weighted by Gasteiger charge is -2.14. The number of rotatable bonds is 3. The van der Waals surface area contributed by atoms with Crippen molar-refractivity contribution in [2.75, 3.05) is 0 Å². The van der Waals surface area contributed by atoms with Gasteiger partial charge < -0.3 is 4.98 Å². The van der Waals surface area contributed by atoms with Crippen molar-refractivity contribution in [1.29, 1.82) is 0 Å². The van der Waals surface area contributed by atoms with Gasteiger partial charge in [-0.2, -0.15) is 18.3 Å². The molecule has 0 saturated carbocycles. The lowest BCUT2D eigenvalue weighted by atomic mass is 10.1. The summed E-state index contributed by atoms with van der Waals surface area (Å²) in [5.41, 5.74) is 1.65. The molecule has 0 aliphatic carbocycles. The molecule has 0 amide bonds. The Hall–Kier alpha value is -2.90. The molecule has 2 heterocycles. The van der Waals surface area contributed by atoms with Crippen molar-refractivity contribution < 1.29 is 13.2 Å². The molecule has 8 heteroatoms. The fourth-order valence-electron chi connectivity index (χ4n) is 2.75. The summed E-state index contributed by atoms with van der Waals surface area (Å²) in [6.45, 7) is 5.33. The zero-order valence-electron chi connectivity index (χ0n) is 14.4. The average molecular weight is 362 g/mol. The molecule has 1 atom stereocenters. The van der Waals surface area contributed by atoms with E-state index in [-0.39, 0.29) is 11.6 Å². The third kappa shape index (κ3) is 3.54. The fraction of sp³-hybridized carbons (Fsp3) is 0.278. The Morgan fingerprint density at radius 2 is 1.81 bits per heavy atom. The number of nitrogens with zero attached hydrogens (tertiary/aromatic N) is 3. The standard InChI is InChI=1S/C18H17F3N4O/c1-10-15(16-8-17(26)23-12(3)22-16)9-25(24-10)11(2)13-4-6-14(7-5-13)18(19,20)21/h4-9,11H,1-3H3,(H,22,23,26). The molecule has 0 saturated heterocycles. The molecule has 1 unspecified atom stereocenters. The lowest BCUT2D eigenvalue weighted by Crippen LogP contribution is -2.09. The number of alkyl halides is 3. The molecule has 0 radical (unpaired) electrons. The first-order chi connectivity index (χ1) is 12.1. The summed E-state index contributed by atoms with van der Waals surface area (Å²) in [5.74, 6) is 0.496. The van der Waals surface area contributed by atoms with Crippen molar-refractivity contribution in [3.63, 3.8) is 0 Å². The van der Waals surface area contributed by atoms with Gasteiger partial charge in [-0.3, -0.25) is 9.48 Å². The molecule has 5 nitrogen and oxygen atoms in total. The van der Waals surface area contributed by atoms with Gasteiger partial charge in [-0.05, 0) is 38.5 Å². The van der Waals surface area contributed by atoms with E-state index in [0.29, 0.717) is 28.3 Å². The summed E-state index contributed by atoms with van der Waals surface area (Å²) in [6.07, 6.45) is -2.61. The average Bonchev–Trinajstić information content (AvgIpc) is 2.94. The third-order valence-electron chi connectivity index (χ3n) is 4.17. The number of benzene rings is 1. The molecule has 0 bridgehead atoms. The first kappa shape index (κ1) is 17.9. The molecule has 0 aliphatic heterocycles. The van der Waals surface area contributed by atoms with Gasteiger partial charge in [0, 0.05) is 17.8 Å². The van der Waals surface area contributed by atoms with E-state index < -0.39 is 11.7 Å². The van der Waals surface area contributed by atoms with Crippen LogP contribution >= 0.6 is 0 Å². The number of hydrogen-bond acceptors (Lipinski definition) is 3. The van der Waals surface area contributed by atoms with E-state index in [2.05, 4.69) is 15.1 Å². The highest BCUT2D eigenvalue weighted by molar-refractivity contribution is 5.60. The van der Waals surface area contributed by atoms with Crippen LogP contribution in [0.25, 0.3) is 11.3 Å². The number of hydrogen-bond donors (Lipinski definition) is 1. The van der Waals surface area contributed by atoms with E-state index in [1.54, 1.807) is 24.7 Å². The molecule has 0 spiro atoms. The fourth-order valence-corrected chi connectivity index (χ4v) is 2.75. The summed E-state index contributed by atoms with van der Waals surface area (Å²) in [6, 6.07) is 6.13. The Kier molecular flexibility index (Phi) is 4.43. The van der Waals surface area contributed by atoms with Gasteiger partial charge >= 0.3 is 6.18 Å². The third-order valence-corrected chi connectivity index (χ3v) is 4.17. The monoisotopic (exact) mass is 362 g/mol. The summed E-state index contributed by atoms with van der Waals surface area (Å²) >= 11 is 0. The van der Waals surface area contributed by atoms with Gasteiger partial charge in [0.05, 0.1) is 23.0 Å². The van der Waals surface area contributed by atoms with Crippen molar-refractivity contribution in [3.8, 4) is 11.3 Å². The number of halogens is 3. The molecule has 26 heavy (non-hydrogen) atoms. The zero-order chi connectivity index (χ0) is 19.1. The predicted molar refractivity (Wildman–Crippen MR) is 90.8 cm³/mol. The van der Waals surface area contributed by atoms with Crippen molar-refractivity contribution in [1.82, 2.24) is 19.7 Å². The number of aromatic amines is 1. The van der Waals surface area contributed by atoms with Crippen LogP contribution in [0.5, 0.6) is 0 Å². The minimum absolute atomic E-state index is 0.254. The molecule has 3 aromatic rings. The summed E-state index contributed by atoms with van der Waals surface area (Å²) in [7, 11) is 0. The van der Waals surface area contributed by atoms with Crippen LogP contribution in [-0.2, 0) is 6.18 Å². The SMILES string of the molecule is Cc1nc(-c2cn(C(C)c3ccc(C(F)(F)F)cc3)nc2C)cc(=O)[nH]1. The second kappa shape index (κ2) is 6.44. The molecule has 136 valence electrons. The minimum Gasteiger partial charge on any atom is -0.311 e. The van der Waals surface area contributed by atoms with Crippen LogP contribution in [0, 0.1) is 13.8 Å². The van der Waals surface area contributed by atoms with Gasteiger partial charge in [-0.25, -0.2) is 4.98 Å². The minimum atomic E-state index is -4.36. The quantitative estimate of drug-likeness (QED) is 0.769. The van der Waals surface area contributed by atoms with E-state index in [9.17, 15) is 18.0 Å². The summed E-state index contributed by atoms with van der Waals surface area (Å²) < 4.78 is 39.8. The number of aryl methyl sites for hydroxylation is 2. The Labute approximate surface area is 147 Å². The first-order valence-corrected chi connectivity index (χ1v) is 7.96. The van der Waals surface area contributed by atoms with Gasteiger partial charge in [-0.15, -0.1) is 0 Å². The van der Waals surface area contributed by atoms with E-state index in [0.717, 1.165) is 12.1 Å². The van der Waals surface area contributed by atoms with Gasteiger partial charge in [0.25, 0.3) is 5.56 Å².